The first kappa shape index (κ1) is 19.7. The van der Waals surface area contributed by atoms with E-state index in [1.807, 2.05) is 0 Å². The van der Waals surface area contributed by atoms with Gasteiger partial charge in [-0.25, -0.2) is 0 Å². The van der Waals surface area contributed by atoms with Crippen LogP contribution in [0.4, 0.5) is 0 Å². The van der Waals surface area contributed by atoms with Crippen LogP contribution in [0.3, 0.4) is 0 Å². The summed E-state index contributed by atoms with van der Waals surface area (Å²) in [6, 6.07) is 0. The summed E-state index contributed by atoms with van der Waals surface area (Å²) >= 11 is 0. The van der Waals surface area contributed by atoms with Crippen molar-refractivity contribution >= 4 is 11.9 Å². The molecule has 0 spiro atoms. The van der Waals surface area contributed by atoms with E-state index in [9.17, 15) is 29.8 Å². The van der Waals surface area contributed by atoms with Gasteiger partial charge in [0.15, 0.2) is 0 Å². The molecule has 0 aromatic rings. The largest absolute Gasteiger partial charge is 0.466 e. The molecule has 0 aromatic carbocycles. The average Bonchev–Trinajstić information content (AvgIpc) is 2.95. The molecular formula is C14H21N3O9. The average molecular weight is 375 g/mol. The lowest BCUT2D eigenvalue weighted by Crippen LogP contribution is -2.43. The Morgan fingerprint density at radius 3 is 1.92 bits per heavy atom. The minimum Gasteiger partial charge on any atom is -0.466 e. The van der Waals surface area contributed by atoms with Crippen LogP contribution in [0.15, 0.2) is 0 Å². The van der Waals surface area contributed by atoms with Crippen LogP contribution in [0.25, 0.3) is 0 Å². The van der Waals surface area contributed by atoms with E-state index in [1.54, 1.807) is 11.8 Å². The Hall–Kier alpha value is -2.66. The van der Waals surface area contributed by atoms with E-state index < -0.39 is 28.3 Å². The van der Waals surface area contributed by atoms with Gasteiger partial charge >= 0.3 is 5.97 Å². The minimum atomic E-state index is -1.17. The summed E-state index contributed by atoms with van der Waals surface area (Å²) in [7, 11) is 0. The second kappa shape index (κ2) is 8.63. The van der Waals surface area contributed by atoms with Gasteiger partial charge in [-0.3, -0.25) is 9.59 Å². The number of amides is 1. The standard InChI is InChI=1S/C14H21N3O9/c1-2-24-14(19)9-3-5-15(6-4-9)13(18)10-7-11(25-16(20)21)12(8-10)26-17(22)23/h9-12H,2-8H2,1H3/t10?,11-,12+. The quantitative estimate of drug-likeness (QED) is 0.348. The Bertz CT molecular complexity index is 538. The van der Waals surface area contributed by atoms with Crippen molar-refractivity contribution in [2.75, 3.05) is 19.7 Å². The Morgan fingerprint density at radius 2 is 1.50 bits per heavy atom. The van der Waals surface area contributed by atoms with Crippen LogP contribution in [0.5, 0.6) is 0 Å². The summed E-state index contributed by atoms with van der Waals surface area (Å²) in [5.74, 6) is -1.46. The van der Waals surface area contributed by atoms with Crippen LogP contribution in [0, 0.1) is 32.1 Å². The van der Waals surface area contributed by atoms with Crippen molar-refractivity contribution in [3.05, 3.63) is 20.2 Å². The van der Waals surface area contributed by atoms with Crippen molar-refractivity contribution in [1.29, 1.82) is 0 Å². The van der Waals surface area contributed by atoms with Crippen molar-refractivity contribution < 1.29 is 34.2 Å². The first-order valence-electron chi connectivity index (χ1n) is 8.39. The summed E-state index contributed by atoms with van der Waals surface area (Å²) in [6.45, 7) is 2.75. The molecule has 3 atom stereocenters. The smallest absolute Gasteiger partial charge is 0.309 e. The highest BCUT2D eigenvalue weighted by Gasteiger charge is 2.44. The van der Waals surface area contributed by atoms with Crippen molar-refractivity contribution in [1.82, 2.24) is 4.90 Å². The van der Waals surface area contributed by atoms with E-state index in [0.29, 0.717) is 32.5 Å². The Kier molecular flexibility index (Phi) is 6.52. The van der Waals surface area contributed by atoms with Crippen LogP contribution >= 0.6 is 0 Å². The second-order valence-corrected chi connectivity index (χ2v) is 6.25. The first-order valence-corrected chi connectivity index (χ1v) is 8.39. The highest BCUT2D eigenvalue weighted by molar-refractivity contribution is 5.80. The van der Waals surface area contributed by atoms with E-state index in [0.717, 1.165) is 0 Å². The molecule has 1 unspecified atom stereocenters. The zero-order valence-electron chi connectivity index (χ0n) is 14.3. The fraction of sp³-hybridized carbons (Fsp3) is 0.857. The van der Waals surface area contributed by atoms with Gasteiger partial charge in [0.2, 0.25) is 5.91 Å². The molecule has 12 nitrogen and oxygen atoms in total. The molecule has 1 aliphatic heterocycles. The molecule has 1 saturated heterocycles. The molecular weight excluding hydrogens is 354 g/mol. The van der Waals surface area contributed by atoms with Crippen molar-refractivity contribution in [3.8, 4) is 0 Å². The molecule has 2 rings (SSSR count). The maximum atomic E-state index is 12.6. The number of hydrogen-bond acceptors (Lipinski definition) is 9. The SMILES string of the molecule is CCOC(=O)C1CCN(C(=O)C2C[C@H](O[N+](=O)[O-])[C@H](O[N+](=O)[O-])C2)CC1. The van der Waals surface area contributed by atoms with Crippen LogP contribution < -0.4 is 0 Å². The maximum Gasteiger partial charge on any atom is 0.309 e. The molecule has 0 radical (unpaired) electrons. The molecule has 1 aliphatic carbocycles. The minimum absolute atomic E-state index is 0.0316. The van der Waals surface area contributed by atoms with Gasteiger partial charge in [0.25, 0.3) is 10.2 Å². The third-order valence-electron chi connectivity index (χ3n) is 4.67. The van der Waals surface area contributed by atoms with Gasteiger partial charge in [-0.1, -0.05) is 0 Å². The fourth-order valence-electron chi connectivity index (χ4n) is 3.46. The van der Waals surface area contributed by atoms with Gasteiger partial charge in [0.05, 0.1) is 12.5 Å². The number of rotatable bonds is 7. The zero-order valence-corrected chi connectivity index (χ0v) is 14.3. The number of piperidine rings is 1. The summed E-state index contributed by atoms with van der Waals surface area (Å²) in [5, 5.41) is 19.0. The van der Waals surface area contributed by atoms with Crippen LogP contribution in [0.2, 0.25) is 0 Å². The molecule has 26 heavy (non-hydrogen) atoms. The van der Waals surface area contributed by atoms with Crippen LogP contribution in [-0.4, -0.2) is 58.9 Å². The highest BCUT2D eigenvalue weighted by Crippen LogP contribution is 2.33. The fourth-order valence-corrected chi connectivity index (χ4v) is 3.46. The number of carbonyl (C=O) groups is 2. The summed E-state index contributed by atoms with van der Waals surface area (Å²) in [5.41, 5.74) is 0. The van der Waals surface area contributed by atoms with Gasteiger partial charge in [-0.2, -0.15) is 0 Å². The van der Waals surface area contributed by atoms with E-state index in [-0.39, 0.29) is 30.6 Å². The summed E-state index contributed by atoms with van der Waals surface area (Å²) in [6.07, 6.45) is -1.45. The lowest BCUT2D eigenvalue weighted by molar-refractivity contribution is -0.797. The van der Waals surface area contributed by atoms with Gasteiger partial charge in [0.1, 0.15) is 12.2 Å². The third-order valence-corrected chi connectivity index (χ3v) is 4.67. The van der Waals surface area contributed by atoms with E-state index in [1.165, 1.54) is 0 Å². The molecule has 1 heterocycles. The van der Waals surface area contributed by atoms with Crippen molar-refractivity contribution in [2.45, 2.75) is 44.8 Å². The number of likely N-dealkylation sites (tertiary alicyclic amines) is 1. The summed E-state index contributed by atoms with van der Waals surface area (Å²) < 4.78 is 4.98. The van der Waals surface area contributed by atoms with Gasteiger partial charge in [-0.15, -0.1) is 20.2 Å². The van der Waals surface area contributed by atoms with E-state index in [2.05, 4.69) is 9.68 Å². The molecule has 2 fully saturated rings. The molecule has 0 aromatic heterocycles. The van der Waals surface area contributed by atoms with Gasteiger partial charge in [-0.05, 0) is 32.6 Å². The molecule has 0 N–H and O–H groups in total. The van der Waals surface area contributed by atoms with Crippen LogP contribution in [-0.2, 0) is 24.0 Å². The lowest BCUT2D eigenvalue weighted by atomic mass is 9.95. The monoisotopic (exact) mass is 375 g/mol. The van der Waals surface area contributed by atoms with Crippen LogP contribution in [0.1, 0.15) is 32.6 Å². The number of hydrogen-bond donors (Lipinski definition) is 0. The van der Waals surface area contributed by atoms with Gasteiger partial charge < -0.3 is 19.3 Å². The van der Waals surface area contributed by atoms with Gasteiger partial charge in [0, 0.05) is 19.0 Å². The number of carbonyl (C=O) groups excluding carboxylic acids is 2. The number of esters is 1. The molecule has 1 saturated carbocycles. The van der Waals surface area contributed by atoms with E-state index >= 15 is 0 Å². The molecule has 1 amide bonds. The molecule has 2 aliphatic rings. The third kappa shape index (κ3) is 4.92. The number of nitrogens with zero attached hydrogens (tertiary/aromatic N) is 3. The predicted molar refractivity (Wildman–Crippen MR) is 82.4 cm³/mol. The van der Waals surface area contributed by atoms with E-state index in [4.69, 9.17) is 4.74 Å². The molecule has 146 valence electrons. The lowest BCUT2D eigenvalue weighted by Gasteiger charge is -2.32. The first-order chi connectivity index (χ1) is 12.3. The summed E-state index contributed by atoms with van der Waals surface area (Å²) in [4.78, 5) is 55.9. The highest BCUT2D eigenvalue weighted by atomic mass is 17.0. The zero-order chi connectivity index (χ0) is 19.3. The Morgan fingerprint density at radius 1 is 1.00 bits per heavy atom. The maximum absolute atomic E-state index is 12.6. The second-order valence-electron chi connectivity index (χ2n) is 6.25. The Labute approximate surface area is 148 Å². The number of ether oxygens (including phenoxy) is 1. The predicted octanol–water partition coefficient (Wildman–Crippen LogP) is 0.352. The van der Waals surface area contributed by atoms with Crippen molar-refractivity contribution in [3.63, 3.8) is 0 Å². The molecule has 0 bridgehead atoms. The van der Waals surface area contributed by atoms with Crippen molar-refractivity contribution in [2.24, 2.45) is 11.8 Å². The normalized spacial score (nSPS) is 26.2. The topological polar surface area (TPSA) is 151 Å². The Balaban J connectivity index is 1.92. The molecule has 12 heteroatoms.